The van der Waals surface area contributed by atoms with Crippen LogP contribution in [-0.2, 0) is 21.2 Å². The van der Waals surface area contributed by atoms with Gasteiger partial charge in [0.15, 0.2) is 0 Å². The number of sulfonamides is 1. The van der Waals surface area contributed by atoms with Gasteiger partial charge in [0.1, 0.15) is 0 Å². The number of aryl methyl sites for hydroxylation is 1. The molecule has 0 heterocycles. The molecule has 0 unspecified atom stereocenters. The largest absolute Gasteiger partial charge is 0.351 e. The summed E-state index contributed by atoms with van der Waals surface area (Å²) < 4.78 is 22.2. The van der Waals surface area contributed by atoms with Crippen molar-refractivity contribution in [3.63, 3.8) is 0 Å². The molecule has 1 aromatic rings. The van der Waals surface area contributed by atoms with Gasteiger partial charge in [0.25, 0.3) is 0 Å². The highest BCUT2D eigenvalue weighted by atomic mass is 32.2. The minimum Gasteiger partial charge on any atom is -0.351 e. The summed E-state index contributed by atoms with van der Waals surface area (Å²) in [4.78, 5) is 11.8. The average molecular weight is 282 g/mol. The molecule has 1 aliphatic carbocycles. The summed E-state index contributed by atoms with van der Waals surface area (Å²) in [5.74, 6) is 0.0375. The molecule has 6 heteroatoms. The maximum absolute atomic E-state index is 11.7. The predicted molar refractivity (Wildman–Crippen MR) is 71.9 cm³/mol. The van der Waals surface area contributed by atoms with E-state index < -0.39 is 10.0 Å². The van der Waals surface area contributed by atoms with Crippen LogP contribution in [0, 0.1) is 0 Å². The molecule has 1 fully saturated rings. The number of nitrogens with two attached hydrogens (primary N) is 1. The molecular formula is C13H18N2O3S. The highest BCUT2D eigenvalue weighted by molar-refractivity contribution is 7.89. The van der Waals surface area contributed by atoms with Gasteiger partial charge < -0.3 is 5.32 Å². The molecule has 104 valence electrons. The Morgan fingerprint density at radius 1 is 1.32 bits per heavy atom. The van der Waals surface area contributed by atoms with E-state index in [4.69, 9.17) is 5.14 Å². The third kappa shape index (κ3) is 4.04. The van der Waals surface area contributed by atoms with Crippen molar-refractivity contribution >= 4 is 15.9 Å². The fourth-order valence-electron chi connectivity index (χ4n) is 1.82. The number of benzene rings is 1. The number of hydrogen-bond donors (Lipinski definition) is 2. The summed E-state index contributed by atoms with van der Waals surface area (Å²) in [6.07, 6.45) is 3.08. The maximum atomic E-state index is 11.7. The van der Waals surface area contributed by atoms with Gasteiger partial charge in [-0.15, -0.1) is 0 Å². The van der Waals surface area contributed by atoms with Crippen molar-refractivity contribution in [2.24, 2.45) is 5.14 Å². The summed E-state index contributed by atoms with van der Waals surface area (Å²) >= 11 is 0. The number of nitrogens with one attached hydrogen (secondary N) is 1. The first-order valence-electron chi connectivity index (χ1n) is 6.21. The van der Waals surface area contributed by atoms with Gasteiger partial charge >= 0.3 is 0 Å². The summed E-state index contributed by atoms with van der Waals surface area (Å²) in [6.45, 7) is 2.03. The molecule has 5 nitrogen and oxygen atoms in total. The maximum Gasteiger partial charge on any atom is 0.238 e. The fourth-order valence-corrected chi connectivity index (χ4v) is 2.33. The van der Waals surface area contributed by atoms with Crippen LogP contribution >= 0.6 is 0 Å². The first kappa shape index (κ1) is 14.0. The van der Waals surface area contributed by atoms with Crippen LogP contribution in [-0.4, -0.2) is 19.9 Å². The topological polar surface area (TPSA) is 89.3 Å². The Balaban J connectivity index is 1.88. The summed E-state index contributed by atoms with van der Waals surface area (Å²) in [7, 11) is -3.65. The van der Waals surface area contributed by atoms with E-state index in [9.17, 15) is 13.2 Å². The molecular weight excluding hydrogens is 264 g/mol. The van der Waals surface area contributed by atoms with Gasteiger partial charge in [-0.1, -0.05) is 12.1 Å². The Morgan fingerprint density at radius 2 is 1.89 bits per heavy atom. The average Bonchev–Trinajstić information content (AvgIpc) is 3.03. The molecule has 2 rings (SSSR count). The number of carbonyl (C=O) groups is 1. The lowest BCUT2D eigenvalue weighted by Crippen LogP contribution is -2.34. The predicted octanol–water partition coefficient (Wildman–Crippen LogP) is 0.935. The Labute approximate surface area is 113 Å². The van der Waals surface area contributed by atoms with E-state index in [1.807, 2.05) is 6.92 Å². The monoisotopic (exact) mass is 282 g/mol. The number of hydrogen-bond acceptors (Lipinski definition) is 3. The summed E-state index contributed by atoms with van der Waals surface area (Å²) in [5, 5.41) is 7.99. The van der Waals surface area contributed by atoms with Crippen molar-refractivity contribution in [1.82, 2.24) is 5.32 Å². The van der Waals surface area contributed by atoms with Crippen molar-refractivity contribution < 1.29 is 13.2 Å². The SMILES string of the molecule is CC1(NC(=O)CCc2ccc(S(N)(=O)=O)cc2)CC1. The number of rotatable bonds is 5. The van der Waals surface area contributed by atoms with Gasteiger partial charge in [0, 0.05) is 12.0 Å². The van der Waals surface area contributed by atoms with Gasteiger partial charge in [-0.05, 0) is 43.9 Å². The zero-order valence-electron chi connectivity index (χ0n) is 10.8. The van der Waals surface area contributed by atoms with Crippen molar-refractivity contribution in [3.05, 3.63) is 29.8 Å². The molecule has 0 bridgehead atoms. The van der Waals surface area contributed by atoms with Crippen LogP contribution in [0.3, 0.4) is 0 Å². The second-order valence-corrected chi connectivity index (χ2v) is 6.86. The second-order valence-electron chi connectivity index (χ2n) is 5.30. The minimum atomic E-state index is -3.65. The molecule has 0 spiro atoms. The van der Waals surface area contributed by atoms with Crippen LogP contribution in [0.1, 0.15) is 31.7 Å². The van der Waals surface area contributed by atoms with Gasteiger partial charge in [-0.3, -0.25) is 4.79 Å². The molecule has 0 radical (unpaired) electrons. The van der Waals surface area contributed by atoms with E-state index in [0.29, 0.717) is 12.8 Å². The van der Waals surface area contributed by atoms with E-state index in [2.05, 4.69) is 5.32 Å². The first-order valence-corrected chi connectivity index (χ1v) is 7.76. The summed E-state index contributed by atoms with van der Waals surface area (Å²) in [5.41, 5.74) is 0.928. The molecule has 19 heavy (non-hydrogen) atoms. The number of amides is 1. The van der Waals surface area contributed by atoms with Crippen LogP contribution in [0.4, 0.5) is 0 Å². The fraction of sp³-hybridized carbons (Fsp3) is 0.462. The first-order chi connectivity index (χ1) is 8.78. The Morgan fingerprint density at radius 3 is 2.37 bits per heavy atom. The smallest absolute Gasteiger partial charge is 0.238 e. The summed E-state index contributed by atoms with van der Waals surface area (Å²) in [6, 6.07) is 6.30. The third-order valence-corrected chi connectivity index (χ3v) is 4.26. The highest BCUT2D eigenvalue weighted by Gasteiger charge is 2.38. The normalized spacial score (nSPS) is 16.9. The quantitative estimate of drug-likeness (QED) is 0.842. The minimum absolute atomic E-state index is 0.00850. The van der Waals surface area contributed by atoms with Crippen LogP contribution in [0.25, 0.3) is 0 Å². The zero-order valence-corrected chi connectivity index (χ0v) is 11.7. The van der Waals surface area contributed by atoms with Gasteiger partial charge in [-0.2, -0.15) is 0 Å². The van der Waals surface area contributed by atoms with E-state index in [0.717, 1.165) is 18.4 Å². The molecule has 1 aromatic carbocycles. The van der Waals surface area contributed by atoms with Gasteiger partial charge in [0.2, 0.25) is 15.9 Å². The molecule has 3 N–H and O–H groups in total. The number of primary sulfonamides is 1. The molecule has 0 aromatic heterocycles. The Bertz CT molecular complexity index is 574. The molecule has 1 amide bonds. The van der Waals surface area contributed by atoms with Crippen LogP contribution in [0.5, 0.6) is 0 Å². The lowest BCUT2D eigenvalue weighted by Gasteiger charge is -2.11. The van der Waals surface area contributed by atoms with Crippen LogP contribution in [0.15, 0.2) is 29.2 Å². The lowest BCUT2D eigenvalue weighted by molar-refractivity contribution is -0.121. The molecule has 0 saturated heterocycles. The third-order valence-electron chi connectivity index (χ3n) is 3.33. The van der Waals surface area contributed by atoms with Crippen LogP contribution in [0.2, 0.25) is 0 Å². The molecule has 0 atom stereocenters. The van der Waals surface area contributed by atoms with E-state index in [-0.39, 0.29) is 16.3 Å². The van der Waals surface area contributed by atoms with Crippen molar-refractivity contribution in [1.29, 1.82) is 0 Å². The van der Waals surface area contributed by atoms with Crippen molar-refractivity contribution in [2.45, 2.75) is 43.0 Å². The standard InChI is InChI=1S/C13H18N2O3S/c1-13(8-9-13)15-12(16)7-4-10-2-5-11(6-3-10)19(14,17)18/h2-3,5-6H,4,7-9H2,1H3,(H,15,16)(H2,14,17,18). The molecule has 0 aliphatic heterocycles. The van der Waals surface area contributed by atoms with Gasteiger partial charge in [-0.25, -0.2) is 13.6 Å². The Kier molecular flexibility index (Phi) is 3.64. The van der Waals surface area contributed by atoms with E-state index >= 15 is 0 Å². The van der Waals surface area contributed by atoms with Crippen molar-refractivity contribution in [3.8, 4) is 0 Å². The Hall–Kier alpha value is -1.40. The highest BCUT2D eigenvalue weighted by Crippen LogP contribution is 2.34. The van der Waals surface area contributed by atoms with Gasteiger partial charge in [0.05, 0.1) is 4.90 Å². The van der Waals surface area contributed by atoms with Crippen molar-refractivity contribution in [2.75, 3.05) is 0 Å². The molecule has 1 saturated carbocycles. The van der Waals surface area contributed by atoms with Crippen LogP contribution < -0.4 is 10.5 Å². The number of carbonyl (C=O) groups excluding carboxylic acids is 1. The zero-order chi connectivity index (χ0) is 14.1. The van der Waals surface area contributed by atoms with E-state index in [1.54, 1.807) is 12.1 Å². The lowest BCUT2D eigenvalue weighted by atomic mass is 10.1. The second kappa shape index (κ2) is 4.94. The van der Waals surface area contributed by atoms with E-state index in [1.165, 1.54) is 12.1 Å². The molecule has 1 aliphatic rings.